The Morgan fingerprint density at radius 2 is 2.04 bits per heavy atom. The molecule has 0 unspecified atom stereocenters. The maximum Gasteiger partial charge on any atom is 0.327 e. The first-order valence-corrected chi connectivity index (χ1v) is 9.74. The van der Waals surface area contributed by atoms with Crippen molar-refractivity contribution in [1.29, 1.82) is 0 Å². The fourth-order valence-electron chi connectivity index (χ4n) is 3.25. The zero-order valence-corrected chi connectivity index (χ0v) is 15.3. The van der Waals surface area contributed by atoms with E-state index in [2.05, 4.69) is 9.84 Å². The van der Waals surface area contributed by atoms with Gasteiger partial charge in [0.25, 0.3) is 0 Å². The van der Waals surface area contributed by atoms with Crippen molar-refractivity contribution in [1.82, 2.24) is 14.1 Å². The summed E-state index contributed by atoms with van der Waals surface area (Å²) in [6.45, 7) is 1.01. The zero-order valence-electron chi connectivity index (χ0n) is 14.5. The summed E-state index contributed by atoms with van der Waals surface area (Å²) in [6.07, 6.45) is 2.60. The van der Waals surface area contributed by atoms with Gasteiger partial charge in [0, 0.05) is 25.2 Å². The number of hydrogen-bond acceptors (Lipinski definition) is 6. The molecule has 1 aliphatic rings. The number of rotatable bonds is 6. The van der Waals surface area contributed by atoms with E-state index in [0.717, 1.165) is 5.56 Å². The van der Waals surface area contributed by atoms with Gasteiger partial charge >= 0.3 is 5.97 Å². The number of esters is 1. The van der Waals surface area contributed by atoms with E-state index in [1.54, 1.807) is 0 Å². The Morgan fingerprint density at radius 1 is 1.31 bits per heavy atom. The number of hydrogen-bond donors (Lipinski definition) is 1. The summed E-state index contributed by atoms with van der Waals surface area (Å²) in [5.74, 6) is -0.385. The molecule has 3 rings (SSSR count). The normalized spacial score (nSPS) is 21.0. The topological polar surface area (TPSA) is 108 Å². The number of sulfonamides is 1. The van der Waals surface area contributed by atoms with Gasteiger partial charge in [-0.1, -0.05) is 30.3 Å². The molecule has 2 N–H and O–H groups in total. The van der Waals surface area contributed by atoms with Crippen LogP contribution in [0.3, 0.4) is 0 Å². The molecule has 2 aromatic rings. The van der Waals surface area contributed by atoms with Crippen LogP contribution in [0.4, 0.5) is 0 Å². The third-order valence-corrected chi connectivity index (χ3v) is 6.49. The molecule has 1 aliphatic heterocycles. The van der Waals surface area contributed by atoms with Crippen LogP contribution in [-0.4, -0.2) is 55.2 Å². The quantitative estimate of drug-likeness (QED) is 0.730. The van der Waals surface area contributed by atoms with Crippen LogP contribution in [-0.2, 0) is 26.1 Å². The van der Waals surface area contributed by atoms with E-state index in [9.17, 15) is 13.2 Å². The summed E-state index contributed by atoms with van der Waals surface area (Å²) >= 11 is 0. The molecule has 8 nitrogen and oxygen atoms in total. The van der Waals surface area contributed by atoms with Crippen molar-refractivity contribution < 1.29 is 17.9 Å². The van der Waals surface area contributed by atoms with E-state index in [1.807, 2.05) is 30.3 Å². The molecule has 2 atom stereocenters. The van der Waals surface area contributed by atoms with Gasteiger partial charge in [0.2, 0.25) is 10.0 Å². The van der Waals surface area contributed by atoms with Crippen molar-refractivity contribution in [2.45, 2.75) is 17.4 Å². The lowest BCUT2D eigenvalue weighted by atomic mass is 9.89. The molecule has 9 heteroatoms. The van der Waals surface area contributed by atoms with E-state index in [0.29, 0.717) is 19.6 Å². The Balaban J connectivity index is 1.81. The van der Waals surface area contributed by atoms with Crippen LogP contribution < -0.4 is 5.73 Å². The highest BCUT2D eigenvalue weighted by Gasteiger charge is 2.39. The molecular formula is C17H22N4O4S. The van der Waals surface area contributed by atoms with Crippen LogP contribution in [0.15, 0.2) is 47.6 Å². The lowest BCUT2D eigenvalue weighted by Crippen LogP contribution is -2.29. The number of ether oxygens (including phenoxy) is 1. The van der Waals surface area contributed by atoms with Crippen LogP contribution in [0.5, 0.6) is 0 Å². The second-order valence-electron chi connectivity index (χ2n) is 6.28. The second-order valence-corrected chi connectivity index (χ2v) is 8.22. The molecule has 0 amide bonds. The first-order valence-electron chi connectivity index (χ1n) is 8.30. The van der Waals surface area contributed by atoms with Crippen molar-refractivity contribution >= 4 is 16.0 Å². The van der Waals surface area contributed by atoms with Gasteiger partial charge in [0.05, 0.1) is 13.3 Å². The van der Waals surface area contributed by atoms with Gasteiger partial charge in [0.15, 0.2) is 0 Å². The van der Waals surface area contributed by atoms with E-state index in [4.69, 9.17) is 5.73 Å². The summed E-state index contributed by atoms with van der Waals surface area (Å²) in [5.41, 5.74) is 6.98. The van der Waals surface area contributed by atoms with E-state index in [1.165, 1.54) is 28.5 Å². The monoisotopic (exact) mass is 378 g/mol. The van der Waals surface area contributed by atoms with Gasteiger partial charge in [-0.05, 0) is 18.0 Å². The second kappa shape index (κ2) is 7.56. The average molecular weight is 378 g/mol. The van der Waals surface area contributed by atoms with E-state index < -0.39 is 16.0 Å². The van der Waals surface area contributed by atoms with Crippen LogP contribution in [0, 0.1) is 5.92 Å². The van der Waals surface area contributed by atoms with Gasteiger partial charge in [-0.3, -0.25) is 9.48 Å². The number of nitrogens with zero attached hydrogens (tertiary/aromatic N) is 3. The Hall–Kier alpha value is -2.23. The minimum Gasteiger partial charge on any atom is -0.468 e. The van der Waals surface area contributed by atoms with E-state index >= 15 is 0 Å². The first-order chi connectivity index (χ1) is 12.5. The predicted octanol–water partition coefficient (Wildman–Crippen LogP) is 0.419. The molecule has 2 heterocycles. The molecule has 1 saturated heterocycles. The number of nitrogens with two attached hydrogens (primary N) is 1. The number of methoxy groups -OCH3 is 1. The van der Waals surface area contributed by atoms with Crippen molar-refractivity contribution in [3.05, 3.63) is 48.3 Å². The van der Waals surface area contributed by atoms with E-state index in [-0.39, 0.29) is 23.3 Å². The number of carbonyl (C=O) groups excluding carboxylic acids is 1. The molecule has 140 valence electrons. The summed E-state index contributed by atoms with van der Waals surface area (Å²) in [4.78, 5) is 11.4. The maximum absolute atomic E-state index is 13.0. The Bertz CT molecular complexity index is 866. The first kappa shape index (κ1) is 18.6. The standard InChI is InChI=1S/C17H22N4O4S/c1-25-17(22)12-20-10-15(8-19-20)26(23,24)21-9-14(7-18)16(11-21)13-5-3-2-4-6-13/h2-6,8,10,14,16H,7,9,11-12,18H2,1H3/t14-,16+/m1/s1. The lowest BCUT2D eigenvalue weighted by molar-refractivity contribution is -0.141. The van der Waals surface area contributed by atoms with Gasteiger partial charge in [-0.2, -0.15) is 9.40 Å². The fraction of sp³-hybridized carbons (Fsp3) is 0.412. The van der Waals surface area contributed by atoms with Crippen LogP contribution >= 0.6 is 0 Å². The molecule has 1 aromatic heterocycles. The number of carbonyl (C=O) groups is 1. The minimum atomic E-state index is -3.70. The molecule has 0 radical (unpaired) electrons. The SMILES string of the molecule is COC(=O)Cn1cc(S(=O)(=O)N2C[C@@H](CN)[C@H](c3ccccc3)C2)cn1. The summed E-state index contributed by atoms with van der Waals surface area (Å²) in [7, 11) is -2.43. The Labute approximate surface area is 152 Å². The molecular weight excluding hydrogens is 356 g/mol. The molecule has 0 aliphatic carbocycles. The van der Waals surface area contributed by atoms with Crippen molar-refractivity contribution in [2.24, 2.45) is 11.7 Å². The van der Waals surface area contributed by atoms with Crippen molar-refractivity contribution in [2.75, 3.05) is 26.7 Å². The fourth-order valence-corrected chi connectivity index (χ4v) is 4.73. The minimum absolute atomic E-state index is 0.0530. The largest absolute Gasteiger partial charge is 0.468 e. The van der Waals surface area contributed by atoms with Crippen LogP contribution in [0.2, 0.25) is 0 Å². The number of aromatic nitrogens is 2. The average Bonchev–Trinajstić information content (AvgIpc) is 3.29. The van der Waals surface area contributed by atoms with Crippen LogP contribution in [0.25, 0.3) is 0 Å². The highest BCUT2D eigenvalue weighted by molar-refractivity contribution is 7.89. The highest BCUT2D eigenvalue weighted by Crippen LogP contribution is 2.35. The summed E-state index contributed by atoms with van der Waals surface area (Å²) < 4.78 is 33.2. The lowest BCUT2D eigenvalue weighted by Gasteiger charge is -2.16. The van der Waals surface area contributed by atoms with Gasteiger partial charge in [-0.15, -0.1) is 0 Å². The molecule has 0 spiro atoms. The van der Waals surface area contributed by atoms with Gasteiger partial charge in [-0.25, -0.2) is 8.42 Å². The summed E-state index contributed by atoms with van der Waals surface area (Å²) in [6, 6.07) is 9.81. The predicted molar refractivity (Wildman–Crippen MR) is 94.7 cm³/mol. The molecule has 1 fully saturated rings. The molecule has 1 aromatic carbocycles. The van der Waals surface area contributed by atoms with Crippen LogP contribution in [0.1, 0.15) is 11.5 Å². The molecule has 0 bridgehead atoms. The smallest absolute Gasteiger partial charge is 0.327 e. The Kier molecular flexibility index (Phi) is 5.40. The highest BCUT2D eigenvalue weighted by atomic mass is 32.2. The maximum atomic E-state index is 13.0. The molecule has 0 saturated carbocycles. The third kappa shape index (κ3) is 3.64. The zero-order chi connectivity index (χ0) is 18.7. The van der Waals surface area contributed by atoms with Crippen molar-refractivity contribution in [3.63, 3.8) is 0 Å². The van der Waals surface area contributed by atoms with Crippen molar-refractivity contribution in [3.8, 4) is 0 Å². The van der Waals surface area contributed by atoms with Gasteiger partial charge < -0.3 is 10.5 Å². The molecule has 26 heavy (non-hydrogen) atoms. The Morgan fingerprint density at radius 3 is 2.69 bits per heavy atom. The number of benzene rings is 1. The third-order valence-electron chi connectivity index (χ3n) is 4.70. The van der Waals surface area contributed by atoms with Gasteiger partial charge in [0.1, 0.15) is 11.4 Å². The summed E-state index contributed by atoms with van der Waals surface area (Å²) in [5, 5.41) is 3.94.